The molecule has 0 fully saturated rings. The number of hydrogen-bond acceptors (Lipinski definition) is 5. The van der Waals surface area contributed by atoms with Crippen molar-refractivity contribution in [2.45, 2.75) is 19.9 Å². The maximum absolute atomic E-state index is 13.3. The molecule has 6 nitrogen and oxygen atoms in total. The molecule has 4 aromatic rings. The molecule has 0 aliphatic carbocycles. The number of amides is 1. The van der Waals surface area contributed by atoms with E-state index in [1.807, 2.05) is 6.92 Å². The molecule has 4 rings (SSSR count). The van der Waals surface area contributed by atoms with E-state index in [1.165, 1.54) is 18.4 Å². The van der Waals surface area contributed by atoms with Gasteiger partial charge in [0, 0.05) is 7.05 Å². The van der Waals surface area contributed by atoms with Crippen LogP contribution >= 0.6 is 0 Å². The first-order valence-corrected chi connectivity index (χ1v) is 8.79. The lowest BCUT2D eigenvalue weighted by Crippen LogP contribution is -2.30. The summed E-state index contributed by atoms with van der Waals surface area (Å²) in [6.07, 6.45) is 1.54. The first kappa shape index (κ1) is 17.9. The van der Waals surface area contributed by atoms with Gasteiger partial charge in [-0.15, -0.1) is 0 Å². The molecule has 0 saturated heterocycles. The van der Waals surface area contributed by atoms with E-state index < -0.39 is 0 Å². The molecular weight excluding hydrogens is 361 g/mol. The Kier molecular flexibility index (Phi) is 4.43. The van der Waals surface area contributed by atoms with Crippen molar-refractivity contribution in [2.24, 2.45) is 0 Å². The normalized spacial score (nSPS) is 12.3. The van der Waals surface area contributed by atoms with E-state index >= 15 is 0 Å². The number of aromatic nitrogens is 2. The maximum atomic E-state index is 13.3. The van der Waals surface area contributed by atoms with Crippen LogP contribution in [0.15, 0.2) is 57.7 Å². The third-order valence-electron chi connectivity index (χ3n) is 4.87. The Morgan fingerprint density at radius 2 is 1.96 bits per heavy atom. The van der Waals surface area contributed by atoms with Crippen LogP contribution in [0, 0.1) is 12.7 Å². The molecule has 1 amide bonds. The summed E-state index contributed by atoms with van der Waals surface area (Å²) in [5.41, 5.74) is 2.60. The summed E-state index contributed by atoms with van der Waals surface area (Å²) in [5.74, 6) is -0.00784. The van der Waals surface area contributed by atoms with E-state index in [4.69, 9.17) is 8.94 Å². The highest BCUT2D eigenvalue weighted by atomic mass is 19.1. The van der Waals surface area contributed by atoms with E-state index in [0.29, 0.717) is 28.1 Å². The number of aryl methyl sites for hydroxylation is 1. The smallest absolute Gasteiger partial charge is 0.259 e. The molecule has 1 unspecified atom stereocenters. The van der Waals surface area contributed by atoms with E-state index in [1.54, 1.807) is 49.2 Å². The first-order valence-electron chi connectivity index (χ1n) is 8.79. The van der Waals surface area contributed by atoms with Crippen LogP contribution < -0.4 is 0 Å². The number of halogens is 1. The zero-order valence-electron chi connectivity index (χ0n) is 15.6. The van der Waals surface area contributed by atoms with Gasteiger partial charge in [-0.2, -0.15) is 0 Å². The Morgan fingerprint density at radius 3 is 2.64 bits per heavy atom. The van der Waals surface area contributed by atoms with Crippen LogP contribution in [0.4, 0.5) is 4.39 Å². The van der Waals surface area contributed by atoms with Crippen LogP contribution in [-0.2, 0) is 0 Å². The molecule has 0 aliphatic rings. The lowest BCUT2D eigenvalue weighted by molar-refractivity contribution is 0.0744. The van der Waals surface area contributed by atoms with Gasteiger partial charge in [-0.3, -0.25) is 4.79 Å². The first-order chi connectivity index (χ1) is 13.5. The second kappa shape index (κ2) is 6.92. The van der Waals surface area contributed by atoms with Crippen LogP contribution in [0.2, 0.25) is 0 Å². The van der Waals surface area contributed by atoms with Crippen molar-refractivity contribution in [3.05, 3.63) is 71.4 Å². The fourth-order valence-corrected chi connectivity index (χ4v) is 3.14. The van der Waals surface area contributed by atoms with Crippen molar-refractivity contribution >= 4 is 17.0 Å². The van der Waals surface area contributed by atoms with Crippen molar-refractivity contribution in [3.8, 4) is 11.5 Å². The van der Waals surface area contributed by atoms with Gasteiger partial charge in [-0.25, -0.2) is 9.37 Å². The molecule has 1 aromatic carbocycles. The molecule has 28 heavy (non-hydrogen) atoms. The standard InChI is InChI=1S/C21H18FN3O3/c1-12-19-16(11-17(18-5-4-10-27-18)23-20(19)28-24-12)21(26)25(3)13(2)14-6-8-15(22)9-7-14/h4-11,13H,1-3H3. The summed E-state index contributed by atoms with van der Waals surface area (Å²) in [6, 6.07) is 11.0. The van der Waals surface area contributed by atoms with Crippen LogP contribution in [0.5, 0.6) is 0 Å². The third kappa shape index (κ3) is 3.05. The van der Waals surface area contributed by atoms with Gasteiger partial charge in [0.2, 0.25) is 0 Å². The second-order valence-electron chi connectivity index (χ2n) is 6.62. The Labute approximate surface area is 160 Å². The largest absolute Gasteiger partial charge is 0.463 e. The number of benzene rings is 1. The molecule has 0 saturated carbocycles. The molecule has 142 valence electrons. The molecule has 0 N–H and O–H groups in total. The number of rotatable bonds is 4. The van der Waals surface area contributed by atoms with Gasteiger partial charge in [-0.1, -0.05) is 17.3 Å². The number of fused-ring (bicyclic) bond motifs is 1. The van der Waals surface area contributed by atoms with Crippen molar-refractivity contribution < 1.29 is 18.1 Å². The summed E-state index contributed by atoms with van der Waals surface area (Å²) >= 11 is 0. The predicted molar refractivity (Wildman–Crippen MR) is 101 cm³/mol. The lowest BCUT2D eigenvalue weighted by atomic mass is 10.0. The number of pyridine rings is 1. The number of carbonyl (C=O) groups is 1. The summed E-state index contributed by atoms with van der Waals surface area (Å²) < 4.78 is 23.9. The second-order valence-corrected chi connectivity index (χ2v) is 6.62. The highest BCUT2D eigenvalue weighted by molar-refractivity contribution is 6.06. The number of hydrogen-bond donors (Lipinski definition) is 0. The van der Waals surface area contributed by atoms with Gasteiger partial charge in [0.05, 0.1) is 28.9 Å². The van der Waals surface area contributed by atoms with Gasteiger partial charge in [0.1, 0.15) is 11.5 Å². The van der Waals surface area contributed by atoms with Crippen molar-refractivity contribution in [2.75, 3.05) is 7.05 Å². The molecule has 3 heterocycles. The fraction of sp³-hybridized carbons (Fsp3) is 0.190. The third-order valence-corrected chi connectivity index (χ3v) is 4.87. The molecule has 7 heteroatoms. The Balaban J connectivity index is 1.77. The average Bonchev–Trinajstić information content (AvgIpc) is 3.36. The summed E-state index contributed by atoms with van der Waals surface area (Å²) in [6.45, 7) is 3.65. The fourth-order valence-electron chi connectivity index (χ4n) is 3.14. The van der Waals surface area contributed by atoms with E-state index in [9.17, 15) is 9.18 Å². The summed E-state index contributed by atoms with van der Waals surface area (Å²) in [4.78, 5) is 19.4. The molecule has 3 aromatic heterocycles. The Morgan fingerprint density at radius 1 is 1.21 bits per heavy atom. The lowest BCUT2D eigenvalue weighted by Gasteiger charge is -2.25. The molecule has 0 spiro atoms. The Bertz CT molecular complexity index is 1130. The quantitative estimate of drug-likeness (QED) is 0.511. The van der Waals surface area contributed by atoms with Crippen molar-refractivity contribution in [1.29, 1.82) is 0 Å². The van der Waals surface area contributed by atoms with E-state index in [-0.39, 0.29) is 23.5 Å². The van der Waals surface area contributed by atoms with Gasteiger partial charge >= 0.3 is 0 Å². The highest BCUT2D eigenvalue weighted by Crippen LogP contribution is 2.30. The minimum Gasteiger partial charge on any atom is -0.463 e. The van der Waals surface area contributed by atoms with Gasteiger partial charge in [0.15, 0.2) is 5.76 Å². The average molecular weight is 379 g/mol. The Hall–Kier alpha value is -3.48. The van der Waals surface area contributed by atoms with Crippen LogP contribution in [0.3, 0.4) is 0 Å². The topological polar surface area (TPSA) is 72.4 Å². The number of carbonyl (C=O) groups excluding carboxylic acids is 1. The SMILES string of the molecule is Cc1noc2nc(-c3ccco3)cc(C(=O)N(C)C(C)c3ccc(F)cc3)c12. The minimum absolute atomic E-state index is 0.219. The van der Waals surface area contributed by atoms with Crippen LogP contribution in [0.1, 0.15) is 34.6 Å². The van der Waals surface area contributed by atoms with Crippen LogP contribution in [0.25, 0.3) is 22.6 Å². The maximum Gasteiger partial charge on any atom is 0.259 e. The number of furan rings is 1. The van der Waals surface area contributed by atoms with Crippen molar-refractivity contribution in [1.82, 2.24) is 15.0 Å². The van der Waals surface area contributed by atoms with Crippen molar-refractivity contribution in [3.63, 3.8) is 0 Å². The zero-order chi connectivity index (χ0) is 19.8. The minimum atomic E-state index is -0.316. The molecule has 0 aliphatic heterocycles. The van der Waals surface area contributed by atoms with E-state index in [2.05, 4.69) is 10.1 Å². The molecule has 0 bridgehead atoms. The zero-order valence-corrected chi connectivity index (χ0v) is 15.6. The van der Waals surface area contributed by atoms with Gasteiger partial charge < -0.3 is 13.8 Å². The monoisotopic (exact) mass is 379 g/mol. The molecule has 0 radical (unpaired) electrons. The van der Waals surface area contributed by atoms with Gasteiger partial charge in [0.25, 0.3) is 11.6 Å². The number of nitrogens with zero attached hydrogens (tertiary/aromatic N) is 3. The van der Waals surface area contributed by atoms with Crippen LogP contribution in [-0.4, -0.2) is 28.0 Å². The molecule has 1 atom stereocenters. The van der Waals surface area contributed by atoms with Gasteiger partial charge in [-0.05, 0) is 49.7 Å². The predicted octanol–water partition coefficient (Wildman–Crippen LogP) is 4.76. The van der Waals surface area contributed by atoms with E-state index in [0.717, 1.165) is 5.56 Å². The molecular formula is C21H18FN3O3. The summed E-state index contributed by atoms with van der Waals surface area (Å²) in [5, 5.41) is 4.52. The highest BCUT2D eigenvalue weighted by Gasteiger charge is 2.25. The summed E-state index contributed by atoms with van der Waals surface area (Å²) in [7, 11) is 1.71.